The molecule has 3 nitrogen and oxygen atoms in total. The Morgan fingerprint density at radius 3 is 2.17 bits per heavy atom. The van der Waals surface area contributed by atoms with E-state index < -0.39 is 0 Å². The van der Waals surface area contributed by atoms with Crippen LogP contribution in [0.5, 0.6) is 0 Å². The lowest BCUT2D eigenvalue weighted by atomic mass is 10.9. The number of rotatable bonds is 2. The molecule has 0 fully saturated rings. The highest BCUT2D eigenvalue weighted by Gasteiger charge is 1.69. The SMILES string of the molecule is N.O=PCCO. The molecule has 4 heteroatoms. The highest BCUT2D eigenvalue weighted by atomic mass is 31.1. The van der Waals surface area contributed by atoms with E-state index in [1.165, 1.54) is 0 Å². The zero-order valence-corrected chi connectivity index (χ0v) is 4.32. The van der Waals surface area contributed by atoms with Crippen molar-refractivity contribution < 1.29 is 9.67 Å². The largest absolute Gasteiger partial charge is 0.396 e. The molecule has 4 N–H and O–H groups in total. The quantitative estimate of drug-likeness (QED) is 0.505. The predicted octanol–water partition coefficient (Wildman–Crippen LogP) is 0.432. The van der Waals surface area contributed by atoms with Crippen LogP contribution in [0.1, 0.15) is 0 Å². The molecule has 0 amide bonds. The summed E-state index contributed by atoms with van der Waals surface area (Å²) >= 11 is 0. The van der Waals surface area contributed by atoms with E-state index >= 15 is 0 Å². The van der Waals surface area contributed by atoms with Gasteiger partial charge in [-0.25, -0.2) is 0 Å². The van der Waals surface area contributed by atoms with E-state index in [0.717, 1.165) is 0 Å². The summed E-state index contributed by atoms with van der Waals surface area (Å²) in [6.07, 6.45) is 0.361. The smallest absolute Gasteiger partial charge is 0.157 e. The lowest BCUT2D eigenvalue weighted by Crippen LogP contribution is -1.76. The standard InChI is InChI=1S/C2H5O2P.H3N/c3-1-2-5-4;/h3H,1-2H2;1H3. The number of aliphatic hydroxyl groups is 1. The maximum absolute atomic E-state index is 9.34. The summed E-state index contributed by atoms with van der Waals surface area (Å²) in [6.45, 7) is 0.0189. The number of hydrogen-bond donors (Lipinski definition) is 2. The average molecular weight is 109 g/mol. The van der Waals surface area contributed by atoms with Gasteiger partial charge in [0.25, 0.3) is 0 Å². The van der Waals surface area contributed by atoms with Gasteiger partial charge in [0, 0.05) is 0 Å². The molecule has 0 saturated carbocycles. The predicted molar refractivity (Wildman–Crippen MR) is 24.6 cm³/mol. The maximum Gasteiger partial charge on any atom is 0.157 e. The molecule has 0 aliphatic carbocycles. The highest BCUT2D eigenvalue weighted by molar-refractivity contribution is 7.23. The van der Waals surface area contributed by atoms with Crippen LogP contribution in [0.3, 0.4) is 0 Å². The summed E-state index contributed by atoms with van der Waals surface area (Å²) in [5.41, 5.74) is 0. The minimum absolute atomic E-state index is 0. The van der Waals surface area contributed by atoms with Crippen LogP contribution in [0.4, 0.5) is 0 Å². The van der Waals surface area contributed by atoms with Crippen molar-refractivity contribution in [2.75, 3.05) is 12.8 Å². The fraction of sp³-hybridized carbons (Fsp3) is 1.00. The van der Waals surface area contributed by atoms with Gasteiger partial charge in [-0.1, -0.05) is 0 Å². The van der Waals surface area contributed by atoms with Crippen LogP contribution in [0.2, 0.25) is 0 Å². The van der Waals surface area contributed by atoms with Gasteiger partial charge in [0.1, 0.15) is 0 Å². The third-order valence-electron chi connectivity index (χ3n) is 0.191. The second-order valence-corrected chi connectivity index (χ2v) is 1.28. The van der Waals surface area contributed by atoms with Crippen LogP contribution in [0.15, 0.2) is 0 Å². The molecule has 0 rings (SSSR count). The van der Waals surface area contributed by atoms with Crippen LogP contribution in [0.25, 0.3) is 0 Å². The van der Waals surface area contributed by atoms with Gasteiger partial charge in [-0.05, 0) is 0 Å². The van der Waals surface area contributed by atoms with Gasteiger partial charge in [0.2, 0.25) is 0 Å². The van der Waals surface area contributed by atoms with E-state index in [0.29, 0.717) is 6.16 Å². The van der Waals surface area contributed by atoms with E-state index in [1.807, 2.05) is 0 Å². The van der Waals surface area contributed by atoms with Crippen LogP contribution in [0, 0.1) is 0 Å². The molecular weight excluding hydrogens is 101 g/mol. The molecular formula is C2H8NO2P. The molecule has 0 spiro atoms. The molecule has 6 heavy (non-hydrogen) atoms. The fourth-order valence-corrected chi connectivity index (χ4v) is 0.122. The molecule has 0 unspecified atom stereocenters. The molecule has 0 saturated heterocycles. The first-order valence-electron chi connectivity index (χ1n) is 1.32. The first-order valence-corrected chi connectivity index (χ1v) is 2.31. The molecule has 0 aromatic carbocycles. The topological polar surface area (TPSA) is 72.3 Å². The second kappa shape index (κ2) is 8.89. The molecule has 0 aliphatic rings. The van der Waals surface area contributed by atoms with Crippen LogP contribution in [-0.2, 0) is 4.57 Å². The van der Waals surface area contributed by atoms with E-state index in [1.54, 1.807) is 0 Å². The number of hydrogen-bond acceptors (Lipinski definition) is 3. The lowest BCUT2D eigenvalue weighted by molar-refractivity contribution is 0.321. The van der Waals surface area contributed by atoms with Crippen molar-refractivity contribution in [2.45, 2.75) is 0 Å². The van der Waals surface area contributed by atoms with Gasteiger partial charge in [0.05, 0.1) is 12.8 Å². The molecule has 0 aliphatic heterocycles. The van der Waals surface area contributed by atoms with Crippen molar-refractivity contribution in [2.24, 2.45) is 0 Å². The molecule has 0 heterocycles. The van der Waals surface area contributed by atoms with E-state index in [9.17, 15) is 4.57 Å². The Hall–Kier alpha value is 0.0200. The summed E-state index contributed by atoms with van der Waals surface area (Å²) in [5, 5.41) is 7.86. The monoisotopic (exact) mass is 109 g/mol. The first-order chi connectivity index (χ1) is 2.41. The van der Waals surface area contributed by atoms with Gasteiger partial charge in [-0.3, -0.25) is 4.57 Å². The van der Waals surface area contributed by atoms with Crippen molar-refractivity contribution in [1.82, 2.24) is 6.15 Å². The van der Waals surface area contributed by atoms with Crippen LogP contribution >= 0.6 is 8.46 Å². The Balaban J connectivity index is 0. The Bertz CT molecular complexity index is 32.7. The summed E-state index contributed by atoms with van der Waals surface area (Å²) in [7, 11) is 0.0297. The molecule has 0 radical (unpaired) electrons. The third kappa shape index (κ3) is 8.99. The number of aliphatic hydroxyl groups excluding tert-OH is 1. The van der Waals surface area contributed by atoms with Crippen molar-refractivity contribution >= 4 is 8.46 Å². The zero-order chi connectivity index (χ0) is 4.12. The third-order valence-corrected chi connectivity index (χ3v) is 0.574. The lowest BCUT2D eigenvalue weighted by Gasteiger charge is -1.68. The molecule has 38 valence electrons. The minimum atomic E-state index is 0. The van der Waals surface area contributed by atoms with Crippen molar-refractivity contribution in [3.05, 3.63) is 0 Å². The molecule has 0 aromatic heterocycles. The normalized spacial score (nSPS) is 7.50. The fourth-order valence-electron chi connectivity index (χ4n) is 0.0408. The summed E-state index contributed by atoms with van der Waals surface area (Å²) in [4.78, 5) is 0. The molecule has 0 bridgehead atoms. The molecule has 0 aromatic rings. The van der Waals surface area contributed by atoms with Gasteiger partial charge in [0.15, 0.2) is 8.46 Å². The highest BCUT2D eigenvalue weighted by Crippen LogP contribution is 1.83. The molecule has 0 atom stereocenters. The van der Waals surface area contributed by atoms with E-state index in [-0.39, 0.29) is 21.2 Å². The van der Waals surface area contributed by atoms with Gasteiger partial charge >= 0.3 is 0 Å². The Morgan fingerprint density at radius 2 is 2.17 bits per heavy atom. The van der Waals surface area contributed by atoms with Crippen LogP contribution < -0.4 is 6.15 Å². The summed E-state index contributed by atoms with van der Waals surface area (Å²) in [5.74, 6) is 0. The average Bonchev–Trinajstić information content (AvgIpc) is 1.41. The van der Waals surface area contributed by atoms with Crippen molar-refractivity contribution in [3.8, 4) is 0 Å². The Kier molecular flexibility index (Phi) is 13.9. The summed E-state index contributed by atoms with van der Waals surface area (Å²) < 4.78 is 9.34. The van der Waals surface area contributed by atoms with Gasteiger partial charge < -0.3 is 11.3 Å². The summed E-state index contributed by atoms with van der Waals surface area (Å²) in [6, 6.07) is 0. The first kappa shape index (κ1) is 9.39. The van der Waals surface area contributed by atoms with Crippen molar-refractivity contribution in [3.63, 3.8) is 0 Å². The Labute approximate surface area is 38.2 Å². The Morgan fingerprint density at radius 1 is 1.67 bits per heavy atom. The van der Waals surface area contributed by atoms with Crippen molar-refractivity contribution in [1.29, 1.82) is 0 Å². The van der Waals surface area contributed by atoms with Gasteiger partial charge in [-0.15, -0.1) is 0 Å². The maximum atomic E-state index is 9.34. The minimum Gasteiger partial charge on any atom is -0.396 e. The van der Waals surface area contributed by atoms with E-state index in [2.05, 4.69) is 0 Å². The van der Waals surface area contributed by atoms with Gasteiger partial charge in [-0.2, -0.15) is 0 Å². The zero-order valence-electron chi connectivity index (χ0n) is 3.42. The second-order valence-electron chi connectivity index (χ2n) is 0.576. The van der Waals surface area contributed by atoms with Crippen LogP contribution in [-0.4, -0.2) is 17.9 Å². The van der Waals surface area contributed by atoms with E-state index in [4.69, 9.17) is 5.11 Å².